The Bertz CT molecular complexity index is 473. The lowest BCUT2D eigenvalue weighted by atomic mass is 9.85. The Morgan fingerprint density at radius 2 is 1.78 bits per heavy atom. The molecule has 1 fully saturated rings. The molecule has 1 aliphatic heterocycles. The van der Waals surface area contributed by atoms with Crippen molar-refractivity contribution in [3.8, 4) is 0 Å². The molecule has 0 aromatic heterocycles. The normalized spacial score (nSPS) is 21.8. The van der Waals surface area contributed by atoms with Gasteiger partial charge in [0.2, 0.25) is 0 Å². The topological polar surface area (TPSA) is 26.3 Å². The SMILES string of the molecule is O=C1C=C(Sc2ccccc2)C2(CCCCC2)O1. The van der Waals surface area contributed by atoms with Gasteiger partial charge >= 0.3 is 5.97 Å². The van der Waals surface area contributed by atoms with Gasteiger partial charge in [-0.3, -0.25) is 0 Å². The van der Waals surface area contributed by atoms with Crippen molar-refractivity contribution >= 4 is 17.7 Å². The molecule has 1 aliphatic carbocycles. The Morgan fingerprint density at radius 1 is 1.06 bits per heavy atom. The van der Waals surface area contributed by atoms with Crippen molar-refractivity contribution in [1.29, 1.82) is 0 Å². The number of benzene rings is 1. The van der Waals surface area contributed by atoms with E-state index in [-0.39, 0.29) is 11.6 Å². The van der Waals surface area contributed by atoms with Crippen molar-refractivity contribution in [3.05, 3.63) is 41.3 Å². The van der Waals surface area contributed by atoms with Gasteiger partial charge < -0.3 is 4.74 Å². The molecule has 1 aromatic carbocycles. The highest BCUT2D eigenvalue weighted by Gasteiger charge is 2.44. The maximum atomic E-state index is 11.6. The minimum absolute atomic E-state index is 0.171. The molecule has 3 rings (SSSR count). The van der Waals surface area contributed by atoms with Gasteiger partial charge in [0.05, 0.1) is 0 Å². The van der Waals surface area contributed by atoms with E-state index in [0.29, 0.717) is 0 Å². The van der Waals surface area contributed by atoms with Crippen LogP contribution in [0.3, 0.4) is 0 Å². The predicted octanol–water partition coefficient (Wildman–Crippen LogP) is 3.92. The number of esters is 1. The van der Waals surface area contributed by atoms with Gasteiger partial charge in [0.15, 0.2) is 0 Å². The third-order valence-corrected chi connectivity index (χ3v) is 4.84. The average molecular weight is 260 g/mol. The Morgan fingerprint density at radius 3 is 2.50 bits per heavy atom. The number of carbonyl (C=O) groups excluding carboxylic acids is 1. The monoisotopic (exact) mass is 260 g/mol. The maximum Gasteiger partial charge on any atom is 0.332 e. The fourth-order valence-corrected chi connectivity index (χ4v) is 3.85. The summed E-state index contributed by atoms with van der Waals surface area (Å²) in [4.78, 5) is 13.9. The van der Waals surface area contributed by atoms with Gasteiger partial charge in [0.25, 0.3) is 0 Å². The molecule has 1 saturated carbocycles. The first-order valence-corrected chi connectivity index (χ1v) is 7.28. The van der Waals surface area contributed by atoms with Gasteiger partial charge in [0, 0.05) is 15.9 Å². The second-order valence-electron chi connectivity index (χ2n) is 4.90. The Kier molecular flexibility index (Phi) is 3.16. The molecule has 18 heavy (non-hydrogen) atoms. The molecule has 2 aliphatic rings. The molecule has 0 atom stereocenters. The van der Waals surface area contributed by atoms with Gasteiger partial charge in [-0.15, -0.1) is 0 Å². The summed E-state index contributed by atoms with van der Waals surface area (Å²) in [6, 6.07) is 10.2. The summed E-state index contributed by atoms with van der Waals surface area (Å²) >= 11 is 1.68. The van der Waals surface area contributed by atoms with Crippen LogP contribution in [0.25, 0.3) is 0 Å². The summed E-state index contributed by atoms with van der Waals surface area (Å²) in [5.74, 6) is -0.171. The molecule has 1 heterocycles. The molecule has 0 radical (unpaired) electrons. The van der Waals surface area contributed by atoms with E-state index < -0.39 is 0 Å². The summed E-state index contributed by atoms with van der Waals surface area (Å²) in [5.41, 5.74) is -0.310. The summed E-state index contributed by atoms with van der Waals surface area (Å²) in [6.45, 7) is 0. The molecule has 1 spiro atoms. The number of ether oxygens (including phenoxy) is 1. The van der Waals surface area contributed by atoms with Gasteiger partial charge in [-0.1, -0.05) is 36.4 Å². The van der Waals surface area contributed by atoms with E-state index >= 15 is 0 Å². The van der Waals surface area contributed by atoms with Crippen LogP contribution in [0.2, 0.25) is 0 Å². The Labute approximate surface area is 111 Å². The first kappa shape index (κ1) is 11.8. The fraction of sp³-hybridized carbons (Fsp3) is 0.400. The van der Waals surface area contributed by atoms with E-state index in [0.717, 1.165) is 30.6 Å². The largest absolute Gasteiger partial charge is 0.450 e. The smallest absolute Gasteiger partial charge is 0.332 e. The first-order chi connectivity index (χ1) is 8.78. The molecule has 0 unspecified atom stereocenters. The molecule has 0 N–H and O–H groups in total. The lowest BCUT2D eigenvalue weighted by Crippen LogP contribution is -2.33. The van der Waals surface area contributed by atoms with Crippen LogP contribution in [0.1, 0.15) is 32.1 Å². The second-order valence-corrected chi connectivity index (χ2v) is 6.02. The van der Waals surface area contributed by atoms with Crippen LogP contribution in [-0.4, -0.2) is 11.6 Å². The van der Waals surface area contributed by atoms with Crippen molar-refractivity contribution in [1.82, 2.24) is 0 Å². The highest BCUT2D eigenvalue weighted by atomic mass is 32.2. The molecule has 94 valence electrons. The first-order valence-electron chi connectivity index (χ1n) is 6.47. The van der Waals surface area contributed by atoms with Crippen molar-refractivity contribution in [3.63, 3.8) is 0 Å². The van der Waals surface area contributed by atoms with Crippen molar-refractivity contribution in [2.45, 2.75) is 42.6 Å². The van der Waals surface area contributed by atoms with Gasteiger partial charge in [-0.2, -0.15) is 0 Å². The molecule has 0 saturated heterocycles. The molecular weight excluding hydrogens is 244 g/mol. The zero-order chi connectivity index (χ0) is 12.4. The van der Waals surface area contributed by atoms with Crippen LogP contribution < -0.4 is 0 Å². The maximum absolute atomic E-state index is 11.6. The number of hydrogen-bond acceptors (Lipinski definition) is 3. The highest BCUT2D eigenvalue weighted by molar-refractivity contribution is 8.03. The molecule has 0 amide bonds. The van der Waals surface area contributed by atoms with E-state index in [1.54, 1.807) is 17.8 Å². The minimum Gasteiger partial charge on any atom is -0.450 e. The lowest BCUT2D eigenvalue weighted by Gasteiger charge is -2.34. The quantitative estimate of drug-likeness (QED) is 0.754. The van der Waals surface area contributed by atoms with Crippen LogP contribution in [0.15, 0.2) is 46.2 Å². The number of rotatable bonds is 2. The standard InChI is InChI=1S/C15H16O2S/c16-14-11-13(18-12-7-3-1-4-8-12)15(17-14)9-5-2-6-10-15/h1,3-4,7-8,11H,2,5-6,9-10H2. The zero-order valence-electron chi connectivity index (χ0n) is 10.2. The fourth-order valence-electron chi connectivity index (χ4n) is 2.72. The van der Waals surface area contributed by atoms with E-state index in [9.17, 15) is 4.79 Å². The molecule has 1 aromatic rings. The van der Waals surface area contributed by atoms with Crippen LogP contribution in [0.4, 0.5) is 0 Å². The molecular formula is C15H16O2S. The van der Waals surface area contributed by atoms with Crippen molar-refractivity contribution < 1.29 is 9.53 Å². The van der Waals surface area contributed by atoms with Crippen molar-refractivity contribution in [2.75, 3.05) is 0 Å². The van der Waals surface area contributed by atoms with Crippen LogP contribution in [0, 0.1) is 0 Å². The van der Waals surface area contributed by atoms with E-state index in [4.69, 9.17) is 4.74 Å². The predicted molar refractivity (Wildman–Crippen MR) is 72.3 cm³/mol. The van der Waals surface area contributed by atoms with E-state index in [2.05, 4.69) is 12.1 Å². The van der Waals surface area contributed by atoms with Crippen LogP contribution >= 0.6 is 11.8 Å². The lowest BCUT2D eigenvalue weighted by molar-refractivity contribution is -0.147. The number of hydrogen-bond donors (Lipinski definition) is 0. The summed E-state index contributed by atoms with van der Waals surface area (Å²) in [6.07, 6.45) is 7.19. The second kappa shape index (κ2) is 4.81. The number of carbonyl (C=O) groups is 1. The molecule has 2 nitrogen and oxygen atoms in total. The van der Waals surface area contributed by atoms with Crippen LogP contribution in [0.5, 0.6) is 0 Å². The van der Waals surface area contributed by atoms with Crippen molar-refractivity contribution in [2.24, 2.45) is 0 Å². The minimum atomic E-state index is -0.310. The van der Waals surface area contributed by atoms with Gasteiger partial charge in [-0.05, 0) is 37.8 Å². The molecule has 3 heteroatoms. The summed E-state index contributed by atoms with van der Waals surface area (Å²) in [7, 11) is 0. The third kappa shape index (κ3) is 2.19. The average Bonchev–Trinajstić information content (AvgIpc) is 2.67. The van der Waals surface area contributed by atoms with Gasteiger partial charge in [0.1, 0.15) is 5.60 Å². The molecule has 0 bridgehead atoms. The summed E-state index contributed by atoms with van der Waals surface area (Å²) < 4.78 is 5.62. The number of thioether (sulfide) groups is 1. The van der Waals surface area contributed by atoms with Gasteiger partial charge in [-0.25, -0.2) is 4.79 Å². The Balaban J connectivity index is 1.84. The van der Waals surface area contributed by atoms with E-state index in [1.807, 2.05) is 18.2 Å². The van der Waals surface area contributed by atoms with E-state index in [1.165, 1.54) is 11.3 Å². The summed E-state index contributed by atoms with van der Waals surface area (Å²) in [5, 5.41) is 0. The zero-order valence-corrected chi connectivity index (χ0v) is 11.0. The Hall–Kier alpha value is -1.22. The van der Waals surface area contributed by atoms with Crippen LogP contribution in [-0.2, 0) is 9.53 Å². The highest BCUT2D eigenvalue weighted by Crippen LogP contribution is 2.47. The third-order valence-electron chi connectivity index (χ3n) is 3.63.